The molecule has 2 N–H and O–H groups in total. The van der Waals surface area contributed by atoms with Gasteiger partial charge in [-0.25, -0.2) is 9.97 Å². The van der Waals surface area contributed by atoms with Gasteiger partial charge in [0.2, 0.25) is 17.8 Å². The Balaban J connectivity index is 1.54. The summed E-state index contributed by atoms with van der Waals surface area (Å²) in [4.78, 5) is 26.8. The Morgan fingerprint density at radius 1 is 1.14 bits per heavy atom. The third-order valence-electron chi connectivity index (χ3n) is 4.91. The number of halogens is 1. The van der Waals surface area contributed by atoms with Crippen LogP contribution in [0, 0.1) is 6.92 Å². The molecule has 0 radical (unpaired) electrons. The van der Waals surface area contributed by atoms with Crippen molar-refractivity contribution in [3.63, 3.8) is 0 Å². The molecule has 0 aliphatic carbocycles. The minimum atomic E-state index is -0.106. The normalized spacial score (nSPS) is 13.0. The number of nitrogens with one attached hydrogen (secondary N) is 2. The summed E-state index contributed by atoms with van der Waals surface area (Å²) in [7, 11) is 0. The second kappa shape index (κ2) is 8.16. The predicted molar refractivity (Wildman–Crippen MR) is 117 cm³/mol. The third-order valence-corrected chi connectivity index (χ3v) is 5.41. The zero-order valence-corrected chi connectivity index (χ0v) is 17.8. The van der Waals surface area contributed by atoms with Gasteiger partial charge >= 0.3 is 0 Å². The van der Waals surface area contributed by atoms with Gasteiger partial charge in [-0.15, -0.1) is 0 Å². The Labute approximate surface area is 177 Å². The molecule has 148 valence electrons. The number of fused-ring (bicyclic) bond motifs is 1. The molecule has 0 saturated carbocycles. The van der Waals surface area contributed by atoms with Gasteiger partial charge in [0.1, 0.15) is 6.33 Å². The van der Waals surface area contributed by atoms with Crippen LogP contribution in [0.3, 0.4) is 0 Å². The van der Waals surface area contributed by atoms with Crippen LogP contribution >= 0.6 is 15.9 Å². The van der Waals surface area contributed by atoms with E-state index >= 15 is 0 Å². The summed E-state index contributed by atoms with van der Waals surface area (Å²) in [6, 6.07) is 12.1. The SMILES string of the molecule is CC(=O)Nc1cccc(Nc2ncnc(N3CCc4cc(Br)ccc4C3)n2)c1C. The van der Waals surface area contributed by atoms with Gasteiger partial charge in [0, 0.05) is 35.9 Å². The van der Waals surface area contributed by atoms with Gasteiger partial charge in [-0.1, -0.05) is 28.1 Å². The summed E-state index contributed by atoms with van der Waals surface area (Å²) < 4.78 is 1.10. The van der Waals surface area contributed by atoms with E-state index in [1.165, 1.54) is 24.4 Å². The number of carbonyl (C=O) groups excluding carboxylic acids is 1. The van der Waals surface area contributed by atoms with Crippen molar-refractivity contribution in [3.05, 3.63) is 63.9 Å². The first kappa shape index (κ1) is 19.3. The molecule has 0 fully saturated rings. The van der Waals surface area contributed by atoms with Gasteiger partial charge in [0.15, 0.2) is 0 Å². The van der Waals surface area contributed by atoms with Crippen LogP contribution in [0.4, 0.5) is 23.3 Å². The molecule has 1 aliphatic heterocycles. The average molecular weight is 453 g/mol. The molecule has 0 atom stereocenters. The van der Waals surface area contributed by atoms with Gasteiger partial charge in [-0.3, -0.25) is 4.79 Å². The highest BCUT2D eigenvalue weighted by molar-refractivity contribution is 9.10. The summed E-state index contributed by atoms with van der Waals surface area (Å²) in [6.45, 7) is 5.05. The van der Waals surface area contributed by atoms with Crippen LogP contribution in [-0.4, -0.2) is 27.4 Å². The van der Waals surface area contributed by atoms with E-state index in [2.05, 4.69) is 64.6 Å². The number of anilines is 4. The first-order chi connectivity index (χ1) is 14.0. The van der Waals surface area contributed by atoms with E-state index in [-0.39, 0.29) is 5.91 Å². The van der Waals surface area contributed by atoms with Crippen LogP contribution in [-0.2, 0) is 17.8 Å². The van der Waals surface area contributed by atoms with E-state index in [0.717, 1.165) is 40.9 Å². The smallest absolute Gasteiger partial charge is 0.232 e. The molecule has 2 aromatic carbocycles. The van der Waals surface area contributed by atoms with E-state index in [0.29, 0.717) is 11.9 Å². The molecule has 1 aliphatic rings. The fourth-order valence-electron chi connectivity index (χ4n) is 3.41. The number of aromatic nitrogens is 3. The first-order valence-corrected chi connectivity index (χ1v) is 10.1. The number of carbonyl (C=O) groups is 1. The summed E-state index contributed by atoms with van der Waals surface area (Å²) in [5.41, 5.74) is 5.15. The van der Waals surface area contributed by atoms with Crippen LogP contribution in [0.15, 0.2) is 47.2 Å². The fraction of sp³-hybridized carbons (Fsp3) is 0.238. The molecule has 1 amide bonds. The number of hydrogen-bond acceptors (Lipinski definition) is 6. The molecule has 8 heteroatoms. The number of rotatable bonds is 4. The van der Waals surface area contributed by atoms with Crippen molar-refractivity contribution in [2.45, 2.75) is 26.8 Å². The number of nitrogens with zero attached hydrogens (tertiary/aromatic N) is 4. The lowest BCUT2D eigenvalue weighted by atomic mass is 10.0. The Morgan fingerprint density at radius 2 is 1.97 bits per heavy atom. The molecule has 2 heterocycles. The minimum absolute atomic E-state index is 0.106. The van der Waals surface area contributed by atoms with Gasteiger partial charge in [-0.05, 0) is 54.3 Å². The Kier molecular flexibility index (Phi) is 5.44. The highest BCUT2D eigenvalue weighted by atomic mass is 79.9. The Bertz CT molecular complexity index is 1070. The molecule has 0 saturated heterocycles. The standard InChI is InChI=1S/C21H21BrN6O/c1-13-18(25-14(2)29)4-3-5-19(13)26-20-23-12-24-21(27-20)28-9-8-15-10-17(22)7-6-16(15)11-28/h3-7,10,12H,8-9,11H2,1-2H3,(H,25,29)(H,23,24,26,27). The number of benzene rings is 2. The molecule has 3 aromatic rings. The predicted octanol–water partition coefficient (Wildman–Crippen LogP) is 4.21. The van der Waals surface area contributed by atoms with Gasteiger partial charge in [0.05, 0.1) is 0 Å². The highest BCUT2D eigenvalue weighted by Gasteiger charge is 2.19. The lowest BCUT2D eigenvalue weighted by molar-refractivity contribution is -0.114. The summed E-state index contributed by atoms with van der Waals surface area (Å²) in [5, 5.41) is 6.08. The Morgan fingerprint density at radius 3 is 2.79 bits per heavy atom. The van der Waals surface area contributed by atoms with Gasteiger partial charge in [0.25, 0.3) is 0 Å². The molecule has 29 heavy (non-hydrogen) atoms. The molecule has 4 rings (SSSR count). The van der Waals surface area contributed by atoms with E-state index < -0.39 is 0 Å². The zero-order chi connectivity index (χ0) is 20.4. The molecular weight excluding hydrogens is 432 g/mol. The number of hydrogen-bond donors (Lipinski definition) is 2. The first-order valence-electron chi connectivity index (χ1n) is 9.35. The van der Waals surface area contributed by atoms with Crippen LogP contribution < -0.4 is 15.5 Å². The largest absolute Gasteiger partial charge is 0.336 e. The maximum absolute atomic E-state index is 11.4. The van der Waals surface area contributed by atoms with Crippen LogP contribution in [0.2, 0.25) is 0 Å². The van der Waals surface area contributed by atoms with Crippen molar-refractivity contribution in [1.82, 2.24) is 15.0 Å². The second-order valence-corrected chi connectivity index (χ2v) is 7.89. The van der Waals surface area contributed by atoms with Crippen molar-refractivity contribution in [2.75, 3.05) is 22.1 Å². The molecule has 0 unspecified atom stereocenters. The summed E-state index contributed by atoms with van der Waals surface area (Å²) in [5.74, 6) is 1.01. The minimum Gasteiger partial charge on any atom is -0.336 e. The third kappa shape index (κ3) is 4.37. The van der Waals surface area contributed by atoms with Crippen molar-refractivity contribution in [2.24, 2.45) is 0 Å². The average Bonchev–Trinajstić information content (AvgIpc) is 2.70. The van der Waals surface area contributed by atoms with Crippen LogP contribution in [0.25, 0.3) is 0 Å². The molecule has 0 bridgehead atoms. The van der Waals surface area contributed by atoms with Crippen molar-refractivity contribution in [3.8, 4) is 0 Å². The van der Waals surface area contributed by atoms with E-state index in [9.17, 15) is 4.79 Å². The maximum Gasteiger partial charge on any atom is 0.232 e. The second-order valence-electron chi connectivity index (χ2n) is 6.98. The lowest BCUT2D eigenvalue weighted by Gasteiger charge is -2.29. The summed E-state index contributed by atoms with van der Waals surface area (Å²) in [6.07, 6.45) is 2.47. The maximum atomic E-state index is 11.4. The zero-order valence-electron chi connectivity index (χ0n) is 16.2. The lowest BCUT2D eigenvalue weighted by Crippen LogP contribution is -2.32. The topological polar surface area (TPSA) is 83.0 Å². The van der Waals surface area contributed by atoms with Crippen molar-refractivity contribution >= 4 is 45.1 Å². The fourth-order valence-corrected chi connectivity index (χ4v) is 3.82. The Hall–Kier alpha value is -3.00. The van der Waals surface area contributed by atoms with Gasteiger partial charge < -0.3 is 15.5 Å². The van der Waals surface area contributed by atoms with E-state index in [1.54, 1.807) is 0 Å². The number of amides is 1. The summed E-state index contributed by atoms with van der Waals surface area (Å²) >= 11 is 3.54. The highest BCUT2D eigenvalue weighted by Crippen LogP contribution is 2.27. The quantitative estimate of drug-likeness (QED) is 0.616. The monoisotopic (exact) mass is 452 g/mol. The van der Waals surface area contributed by atoms with E-state index in [1.807, 2.05) is 25.1 Å². The van der Waals surface area contributed by atoms with Crippen LogP contribution in [0.1, 0.15) is 23.6 Å². The van der Waals surface area contributed by atoms with Crippen molar-refractivity contribution < 1.29 is 4.79 Å². The molecule has 0 spiro atoms. The molecular formula is C21H21BrN6O. The van der Waals surface area contributed by atoms with Crippen LogP contribution in [0.5, 0.6) is 0 Å². The van der Waals surface area contributed by atoms with Gasteiger partial charge in [-0.2, -0.15) is 4.98 Å². The molecule has 1 aromatic heterocycles. The van der Waals surface area contributed by atoms with Crippen molar-refractivity contribution in [1.29, 1.82) is 0 Å². The molecule has 7 nitrogen and oxygen atoms in total. The van der Waals surface area contributed by atoms with E-state index in [4.69, 9.17) is 0 Å².